The molecule has 0 radical (unpaired) electrons. The van der Waals surface area contributed by atoms with E-state index >= 15 is 0 Å². The fraction of sp³-hybridized carbons (Fsp3) is 0.438. The van der Waals surface area contributed by atoms with Gasteiger partial charge in [0.05, 0.1) is 10.7 Å². The van der Waals surface area contributed by atoms with Gasteiger partial charge in [0, 0.05) is 28.9 Å². The minimum atomic E-state index is 0.684. The Kier molecular flexibility index (Phi) is 4.54. The molecule has 3 rings (SSSR count). The van der Waals surface area contributed by atoms with Gasteiger partial charge in [-0.05, 0) is 43.4 Å². The highest BCUT2D eigenvalue weighted by atomic mass is 79.9. The highest BCUT2D eigenvalue weighted by Crippen LogP contribution is 2.37. The molecular weight excluding hydrogens is 332 g/mol. The van der Waals surface area contributed by atoms with Crippen LogP contribution in [0.25, 0.3) is 0 Å². The van der Waals surface area contributed by atoms with Crippen molar-refractivity contribution in [1.29, 1.82) is 0 Å². The molecule has 0 saturated heterocycles. The van der Waals surface area contributed by atoms with Crippen molar-refractivity contribution < 1.29 is 0 Å². The molecule has 2 nitrogen and oxygen atoms in total. The molecule has 1 aromatic carbocycles. The van der Waals surface area contributed by atoms with Gasteiger partial charge < -0.3 is 5.32 Å². The van der Waals surface area contributed by atoms with Gasteiger partial charge in [-0.1, -0.05) is 28.1 Å². The summed E-state index contributed by atoms with van der Waals surface area (Å²) in [4.78, 5) is 4.50. The van der Waals surface area contributed by atoms with Gasteiger partial charge in [-0.25, -0.2) is 4.98 Å². The summed E-state index contributed by atoms with van der Waals surface area (Å²) in [5.41, 5.74) is 2.70. The monoisotopic (exact) mass is 350 g/mol. The zero-order chi connectivity index (χ0) is 13.9. The molecule has 1 aliphatic carbocycles. The zero-order valence-corrected chi connectivity index (χ0v) is 14.0. The maximum absolute atomic E-state index is 4.50. The fourth-order valence-corrected chi connectivity index (χ4v) is 3.63. The Balaban J connectivity index is 1.39. The largest absolute Gasteiger partial charge is 0.314 e. The molecule has 1 fully saturated rings. The topological polar surface area (TPSA) is 24.9 Å². The van der Waals surface area contributed by atoms with Crippen molar-refractivity contribution in [2.45, 2.75) is 38.1 Å². The maximum Gasteiger partial charge on any atom is 0.0897 e. The molecule has 0 amide bonds. The number of halogens is 1. The summed E-state index contributed by atoms with van der Waals surface area (Å²) in [6.45, 7) is 3.11. The number of rotatable bonds is 5. The number of nitrogens with one attached hydrogen (secondary N) is 1. The van der Waals surface area contributed by atoms with Gasteiger partial charge in [-0.15, -0.1) is 11.3 Å². The molecule has 0 aliphatic heterocycles. The number of benzene rings is 1. The highest BCUT2D eigenvalue weighted by molar-refractivity contribution is 9.10. The normalized spacial score (nSPS) is 21.7. The number of hydrogen-bond acceptors (Lipinski definition) is 3. The molecule has 20 heavy (non-hydrogen) atoms. The first-order valence-corrected chi connectivity index (χ1v) is 8.78. The molecule has 1 aliphatic rings. The van der Waals surface area contributed by atoms with E-state index < -0.39 is 0 Å². The molecule has 4 heteroatoms. The van der Waals surface area contributed by atoms with E-state index in [4.69, 9.17) is 0 Å². The summed E-state index contributed by atoms with van der Waals surface area (Å²) < 4.78 is 1.16. The standard InChI is InChI=1S/C16H19BrN2S/c1-11-19-15(10-20-11)6-7-18-16-8-13(9-16)12-2-4-14(17)5-3-12/h2-5,10,13,16,18H,6-9H2,1H3. The lowest BCUT2D eigenvalue weighted by atomic mass is 9.76. The molecule has 1 saturated carbocycles. The lowest BCUT2D eigenvalue weighted by Crippen LogP contribution is -2.40. The second-order valence-corrected chi connectivity index (χ2v) is 7.46. The number of hydrogen-bond donors (Lipinski definition) is 1. The Hall–Kier alpha value is -0.710. The van der Waals surface area contributed by atoms with Crippen LogP contribution in [-0.4, -0.2) is 17.6 Å². The Morgan fingerprint density at radius 3 is 2.70 bits per heavy atom. The van der Waals surface area contributed by atoms with Crippen molar-refractivity contribution in [2.75, 3.05) is 6.54 Å². The minimum absolute atomic E-state index is 0.684. The molecule has 0 atom stereocenters. The Morgan fingerprint density at radius 2 is 2.05 bits per heavy atom. The van der Waals surface area contributed by atoms with Gasteiger partial charge in [-0.3, -0.25) is 0 Å². The third-order valence-electron chi connectivity index (χ3n) is 3.96. The second kappa shape index (κ2) is 6.37. The Morgan fingerprint density at radius 1 is 1.30 bits per heavy atom. The predicted molar refractivity (Wildman–Crippen MR) is 88.5 cm³/mol. The van der Waals surface area contributed by atoms with Crippen LogP contribution in [0.2, 0.25) is 0 Å². The van der Waals surface area contributed by atoms with Crippen LogP contribution in [-0.2, 0) is 6.42 Å². The first-order chi connectivity index (χ1) is 9.70. The quantitative estimate of drug-likeness (QED) is 0.869. The minimum Gasteiger partial charge on any atom is -0.314 e. The van der Waals surface area contributed by atoms with Crippen LogP contribution in [0.15, 0.2) is 34.1 Å². The lowest BCUT2D eigenvalue weighted by molar-refractivity contribution is 0.292. The van der Waals surface area contributed by atoms with Crippen LogP contribution in [0, 0.1) is 6.92 Å². The maximum atomic E-state index is 4.50. The summed E-state index contributed by atoms with van der Waals surface area (Å²) in [5.74, 6) is 0.738. The van der Waals surface area contributed by atoms with Crippen LogP contribution in [0.4, 0.5) is 0 Å². The predicted octanol–water partition coefficient (Wildman–Crippen LogP) is 4.29. The number of aromatic nitrogens is 1. The number of nitrogens with zero attached hydrogens (tertiary/aromatic N) is 1. The van der Waals surface area contributed by atoms with Crippen molar-refractivity contribution in [1.82, 2.24) is 10.3 Å². The molecule has 0 unspecified atom stereocenters. The van der Waals surface area contributed by atoms with Gasteiger partial charge in [0.1, 0.15) is 0 Å². The molecule has 1 N–H and O–H groups in total. The van der Waals surface area contributed by atoms with Gasteiger partial charge in [0.15, 0.2) is 0 Å². The average molecular weight is 351 g/mol. The van der Waals surface area contributed by atoms with Gasteiger partial charge in [0.25, 0.3) is 0 Å². The Labute approximate surface area is 132 Å². The lowest BCUT2D eigenvalue weighted by Gasteiger charge is -2.36. The molecule has 1 aromatic heterocycles. The fourth-order valence-electron chi connectivity index (χ4n) is 2.72. The van der Waals surface area contributed by atoms with Crippen molar-refractivity contribution in [2.24, 2.45) is 0 Å². The molecule has 2 aromatic rings. The SMILES string of the molecule is Cc1nc(CCNC2CC(c3ccc(Br)cc3)C2)cs1. The van der Waals surface area contributed by atoms with Crippen molar-refractivity contribution in [3.8, 4) is 0 Å². The first-order valence-electron chi connectivity index (χ1n) is 7.10. The van der Waals surface area contributed by atoms with Crippen molar-refractivity contribution in [3.63, 3.8) is 0 Å². The van der Waals surface area contributed by atoms with Crippen LogP contribution < -0.4 is 5.32 Å². The van der Waals surface area contributed by atoms with E-state index in [1.165, 1.54) is 29.1 Å². The first kappa shape index (κ1) is 14.2. The van der Waals surface area contributed by atoms with Crippen molar-refractivity contribution >= 4 is 27.3 Å². The average Bonchev–Trinajstić information content (AvgIpc) is 2.80. The van der Waals surface area contributed by atoms with Gasteiger partial charge in [0.2, 0.25) is 0 Å². The summed E-state index contributed by atoms with van der Waals surface area (Å²) in [7, 11) is 0. The number of aryl methyl sites for hydroxylation is 1. The summed E-state index contributed by atoms with van der Waals surface area (Å²) in [5, 5.41) is 6.98. The summed E-state index contributed by atoms with van der Waals surface area (Å²) in [6.07, 6.45) is 3.57. The Bertz CT molecular complexity index is 558. The molecule has 0 spiro atoms. The smallest absolute Gasteiger partial charge is 0.0897 e. The van der Waals surface area contributed by atoms with Crippen LogP contribution in [0.1, 0.15) is 35.0 Å². The van der Waals surface area contributed by atoms with E-state index in [1.54, 1.807) is 11.3 Å². The van der Waals surface area contributed by atoms with E-state index in [9.17, 15) is 0 Å². The number of thiazole rings is 1. The van der Waals surface area contributed by atoms with E-state index in [1.807, 2.05) is 0 Å². The zero-order valence-electron chi connectivity index (χ0n) is 11.6. The third-order valence-corrected chi connectivity index (χ3v) is 5.31. The van der Waals surface area contributed by atoms with Gasteiger partial charge >= 0.3 is 0 Å². The third kappa shape index (κ3) is 3.48. The van der Waals surface area contributed by atoms with E-state index in [0.29, 0.717) is 6.04 Å². The van der Waals surface area contributed by atoms with E-state index in [-0.39, 0.29) is 0 Å². The second-order valence-electron chi connectivity index (χ2n) is 5.48. The van der Waals surface area contributed by atoms with Gasteiger partial charge in [-0.2, -0.15) is 0 Å². The van der Waals surface area contributed by atoms with Crippen molar-refractivity contribution in [3.05, 3.63) is 50.4 Å². The van der Waals surface area contributed by atoms with E-state index in [0.717, 1.165) is 23.4 Å². The molecule has 106 valence electrons. The summed E-state index contributed by atoms with van der Waals surface area (Å²) >= 11 is 5.23. The van der Waals surface area contributed by atoms with Crippen LogP contribution in [0.3, 0.4) is 0 Å². The molecule has 0 bridgehead atoms. The highest BCUT2D eigenvalue weighted by Gasteiger charge is 2.29. The van der Waals surface area contributed by atoms with Crippen LogP contribution in [0.5, 0.6) is 0 Å². The van der Waals surface area contributed by atoms with Crippen LogP contribution >= 0.6 is 27.3 Å². The molecule has 1 heterocycles. The molecular formula is C16H19BrN2S. The van der Waals surface area contributed by atoms with E-state index in [2.05, 4.69) is 62.8 Å². The summed E-state index contributed by atoms with van der Waals surface area (Å²) in [6, 6.07) is 9.44.